The van der Waals surface area contributed by atoms with Crippen molar-refractivity contribution in [2.24, 2.45) is 11.8 Å². The first-order valence-corrected chi connectivity index (χ1v) is 8.61. The maximum atomic E-state index is 11.1. The molecule has 130 valence electrons. The lowest BCUT2D eigenvalue weighted by molar-refractivity contribution is -0.143. The Hall–Kier alpha value is -1.88. The maximum Gasteiger partial charge on any atom is 0.307 e. The number of rotatable bonds is 7. The number of esters is 1. The third-order valence-corrected chi connectivity index (χ3v) is 5.18. The van der Waals surface area contributed by atoms with Crippen LogP contribution in [0.3, 0.4) is 0 Å². The number of hydrogen-bond acceptors (Lipinski definition) is 4. The molecular weight excluding hydrogens is 308 g/mol. The Morgan fingerprint density at radius 1 is 1.21 bits per heavy atom. The van der Waals surface area contributed by atoms with Crippen molar-refractivity contribution in [3.63, 3.8) is 0 Å². The van der Waals surface area contributed by atoms with Crippen LogP contribution in [-0.2, 0) is 31.9 Å². The van der Waals surface area contributed by atoms with Gasteiger partial charge in [0, 0.05) is 12.8 Å². The Balaban J connectivity index is 1.60. The molecule has 3 rings (SSSR count). The van der Waals surface area contributed by atoms with Gasteiger partial charge >= 0.3 is 11.9 Å². The van der Waals surface area contributed by atoms with Gasteiger partial charge in [-0.25, -0.2) is 0 Å². The second-order valence-electron chi connectivity index (χ2n) is 6.85. The first-order valence-electron chi connectivity index (χ1n) is 8.61. The molecule has 2 heterocycles. The van der Waals surface area contributed by atoms with E-state index in [2.05, 4.69) is 0 Å². The highest BCUT2D eigenvalue weighted by Crippen LogP contribution is 2.45. The number of carbonyl (C=O) groups is 2. The number of carbonyl (C=O) groups excluding carboxylic acids is 1. The molecule has 5 nitrogen and oxygen atoms in total. The van der Waals surface area contributed by atoms with Crippen LogP contribution in [0, 0.1) is 11.8 Å². The summed E-state index contributed by atoms with van der Waals surface area (Å²) in [6, 6.07) is 7.78. The molecule has 24 heavy (non-hydrogen) atoms. The van der Waals surface area contributed by atoms with E-state index < -0.39 is 5.97 Å². The molecular formula is C19H24O5. The van der Waals surface area contributed by atoms with E-state index in [9.17, 15) is 9.59 Å². The SMILES string of the molecule is CC(=O)OC[C@H]1[C@@H](CCc2cccc(CC(=O)O)c2)[C@@H]2CC[C@H]1O2. The van der Waals surface area contributed by atoms with Crippen molar-refractivity contribution in [1.29, 1.82) is 0 Å². The van der Waals surface area contributed by atoms with Gasteiger partial charge in [-0.1, -0.05) is 24.3 Å². The highest BCUT2D eigenvalue weighted by atomic mass is 16.5. The van der Waals surface area contributed by atoms with E-state index in [1.807, 2.05) is 24.3 Å². The number of aryl methyl sites for hydroxylation is 1. The van der Waals surface area contributed by atoms with Crippen LogP contribution in [0.4, 0.5) is 0 Å². The van der Waals surface area contributed by atoms with E-state index in [4.69, 9.17) is 14.6 Å². The van der Waals surface area contributed by atoms with E-state index in [0.29, 0.717) is 12.5 Å². The molecule has 2 aliphatic rings. The van der Waals surface area contributed by atoms with Crippen molar-refractivity contribution in [3.05, 3.63) is 35.4 Å². The van der Waals surface area contributed by atoms with Gasteiger partial charge < -0.3 is 14.6 Å². The summed E-state index contributed by atoms with van der Waals surface area (Å²) in [6.45, 7) is 1.89. The Morgan fingerprint density at radius 3 is 2.62 bits per heavy atom. The minimum Gasteiger partial charge on any atom is -0.481 e. The molecule has 2 saturated heterocycles. The van der Waals surface area contributed by atoms with Crippen LogP contribution in [0.25, 0.3) is 0 Å². The number of benzene rings is 1. The van der Waals surface area contributed by atoms with E-state index in [1.54, 1.807) is 0 Å². The van der Waals surface area contributed by atoms with Crippen molar-refractivity contribution in [2.45, 2.75) is 51.2 Å². The van der Waals surface area contributed by atoms with E-state index in [0.717, 1.165) is 36.8 Å². The molecule has 5 heteroatoms. The second-order valence-corrected chi connectivity index (χ2v) is 6.85. The first-order chi connectivity index (χ1) is 11.5. The van der Waals surface area contributed by atoms with Crippen LogP contribution >= 0.6 is 0 Å². The van der Waals surface area contributed by atoms with Crippen LogP contribution in [-0.4, -0.2) is 35.9 Å². The molecule has 2 fully saturated rings. The lowest BCUT2D eigenvalue weighted by atomic mass is 9.77. The smallest absolute Gasteiger partial charge is 0.307 e. The third-order valence-electron chi connectivity index (χ3n) is 5.18. The second kappa shape index (κ2) is 7.34. The van der Waals surface area contributed by atoms with Crippen LogP contribution in [0.5, 0.6) is 0 Å². The number of aliphatic carboxylic acids is 1. The fourth-order valence-corrected chi connectivity index (χ4v) is 4.12. The standard InChI is InChI=1S/C19H24O5/c1-12(20)23-11-16-15(17-7-8-18(16)24-17)6-5-13-3-2-4-14(9-13)10-19(21)22/h2-4,9,15-18H,5-8,10-11H2,1H3,(H,21,22)/t15-,16+,17+,18-/m1/s1. The third kappa shape index (κ3) is 3.96. The van der Waals surface area contributed by atoms with E-state index >= 15 is 0 Å². The molecule has 4 atom stereocenters. The van der Waals surface area contributed by atoms with Gasteiger partial charge in [0.15, 0.2) is 0 Å². The summed E-state index contributed by atoms with van der Waals surface area (Å²) in [5.74, 6) is -0.353. The number of carboxylic acids is 1. The van der Waals surface area contributed by atoms with Gasteiger partial charge in [0.1, 0.15) is 0 Å². The predicted octanol–water partition coefficient (Wildman–Crippen LogP) is 2.60. The topological polar surface area (TPSA) is 72.8 Å². The maximum absolute atomic E-state index is 11.1. The zero-order chi connectivity index (χ0) is 17.1. The molecule has 0 aliphatic carbocycles. The molecule has 0 spiro atoms. The largest absolute Gasteiger partial charge is 0.481 e. The summed E-state index contributed by atoms with van der Waals surface area (Å²) in [6.07, 6.45) is 4.56. The Bertz CT molecular complexity index is 612. The van der Waals surface area contributed by atoms with Gasteiger partial charge in [0.25, 0.3) is 0 Å². The normalized spacial score (nSPS) is 28.0. The van der Waals surface area contributed by atoms with Crippen molar-refractivity contribution in [1.82, 2.24) is 0 Å². The molecule has 1 N–H and O–H groups in total. The quantitative estimate of drug-likeness (QED) is 0.777. The zero-order valence-corrected chi connectivity index (χ0v) is 13.9. The predicted molar refractivity (Wildman–Crippen MR) is 87.6 cm³/mol. The lowest BCUT2D eigenvalue weighted by Crippen LogP contribution is -2.31. The van der Waals surface area contributed by atoms with E-state index in [1.165, 1.54) is 6.92 Å². The van der Waals surface area contributed by atoms with Crippen molar-refractivity contribution in [2.75, 3.05) is 6.61 Å². The average Bonchev–Trinajstić information content (AvgIpc) is 3.11. The van der Waals surface area contributed by atoms with E-state index in [-0.39, 0.29) is 30.5 Å². The average molecular weight is 332 g/mol. The summed E-state index contributed by atoms with van der Waals surface area (Å²) in [5.41, 5.74) is 1.99. The molecule has 2 aliphatic heterocycles. The van der Waals surface area contributed by atoms with Gasteiger partial charge in [-0.15, -0.1) is 0 Å². The summed E-state index contributed by atoms with van der Waals surface area (Å²) >= 11 is 0. The van der Waals surface area contributed by atoms with Crippen LogP contribution in [0.2, 0.25) is 0 Å². The van der Waals surface area contributed by atoms with Crippen molar-refractivity contribution >= 4 is 11.9 Å². The monoisotopic (exact) mass is 332 g/mol. The molecule has 1 aromatic rings. The summed E-state index contributed by atoms with van der Waals surface area (Å²) in [7, 11) is 0. The Morgan fingerprint density at radius 2 is 1.92 bits per heavy atom. The van der Waals surface area contributed by atoms with Crippen molar-refractivity contribution < 1.29 is 24.2 Å². The number of hydrogen-bond donors (Lipinski definition) is 1. The zero-order valence-electron chi connectivity index (χ0n) is 13.9. The molecule has 0 amide bonds. The summed E-state index contributed by atoms with van der Waals surface area (Å²) < 4.78 is 11.3. The lowest BCUT2D eigenvalue weighted by Gasteiger charge is -2.27. The first kappa shape index (κ1) is 17.0. The highest BCUT2D eigenvalue weighted by Gasteiger charge is 2.48. The number of carboxylic acid groups (broad SMARTS) is 1. The van der Waals surface area contributed by atoms with Crippen LogP contribution < -0.4 is 0 Å². The van der Waals surface area contributed by atoms with Crippen LogP contribution in [0.15, 0.2) is 24.3 Å². The number of fused-ring (bicyclic) bond motifs is 2. The molecule has 0 saturated carbocycles. The minimum atomic E-state index is -0.810. The highest BCUT2D eigenvalue weighted by molar-refractivity contribution is 5.70. The molecule has 2 bridgehead atoms. The van der Waals surface area contributed by atoms with Gasteiger partial charge in [-0.05, 0) is 42.7 Å². The molecule has 0 unspecified atom stereocenters. The minimum absolute atomic E-state index is 0.0557. The molecule has 1 aromatic carbocycles. The summed E-state index contributed by atoms with van der Waals surface area (Å²) in [5, 5.41) is 8.91. The Labute approximate surface area is 142 Å². The number of ether oxygens (including phenoxy) is 2. The van der Waals surface area contributed by atoms with Gasteiger partial charge in [0.2, 0.25) is 0 Å². The Kier molecular flexibility index (Phi) is 5.19. The molecule has 0 radical (unpaired) electrons. The van der Waals surface area contributed by atoms with Gasteiger partial charge in [0.05, 0.1) is 25.2 Å². The fourth-order valence-electron chi connectivity index (χ4n) is 4.12. The molecule has 0 aromatic heterocycles. The van der Waals surface area contributed by atoms with Gasteiger partial charge in [-0.3, -0.25) is 9.59 Å². The van der Waals surface area contributed by atoms with Crippen LogP contribution in [0.1, 0.15) is 37.3 Å². The van der Waals surface area contributed by atoms with Crippen molar-refractivity contribution in [3.8, 4) is 0 Å². The fraction of sp³-hybridized carbons (Fsp3) is 0.579. The van der Waals surface area contributed by atoms with Gasteiger partial charge in [-0.2, -0.15) is 0 Å². The summed E-state index contributed by atoms with van der Waals surface area (Å²) in [4.78, 5) is 22.0.